The van der Waals surface area contributed by atoms with Crippen molar-refractivity contribution in [1.29, 1.82) is 0 Å². The van der Waals surface area contributed by atoms with Crippen molar-refractivity contribution >= 4 is 5.91 Å². The van der Waals surface area contributed by atoms with E-state index in [0.29, 0.717) is 19.1 Å². The number of halogens is 1. The molecule has 0 aliphatic carbocycles. The molecular weight excluding hydrogens is 381 g/mol. The van der Waals surface area contributed by atoms with E-state index in [-0.39, 0.29) is 11.7 Å². The molecule has 0 saturated carbocycles. The van der Waals surface area contributed by atoms with Crippen LogP contribution in [-0.2, 0) is 19.5 Å². The van der Waals surface area contributed by atoms with E-state index in [0.717, 1.165) is 73.8 Å². The molecule has 0 radical (unpaired) electrons. The fraction of sp³-hybridized carbons (Fsp3) is 0.542. The molecule has 1 aromatic carbocycles. The Morgan fingerprint density at radius 2 is 1.97 bits per heavy atom. The number of aryl methyl sites for hydroxylation is 1. The second kappa shape index (κ2) is 8.90. The second-order valence-corrected chi connectivity index (χ2v) is 8.61. The molecule has 162 valence electrons. The molecule has 2 aliphatic heterocycles. The molecular formula is C24H32FN3O2. The number of hydrogen-bond acceptors (Lipinski definition) is 4. The van der Waals surface area contributed by atoms with Gasteiger partial charge in [0, 0.05) is 63.8 Å². The Bertz CT molecular complexity index is 902. The Morgan fingerprint density at radius 1 is 1.20 bits per heavy atom. The minimum atomic E-state index is -0.211. The van der Waals surface area contributed by atoms with E-state index in [9.17, 15) is 9.18 Å². The highest BCUT2D eigenvalue weighted by atomic mass is 19.1. The third kappa shape index (κ3) is 4.30. The van der Waals surface area contributed by atoms with Gasteiger partial charge in [0.05, 0.1) is 5.56 Å². The van der Waals surface area contributed by atoms with Gasteiger partial charge in [0.1, 0.15) is 17.3 Å². The second-order valence-electron chi connectivity index (χ2n) is 8.61. The van der Waals surface area contributed by atoms with Gasteiger partial charge in [0.15, 0.2) is 0 Å². The van der Waals surface area contributed by atoms with Gasteiger partial charge in [-0.3, -0.25) is 14.6 Å². The largest absolute Gasteiger partial charge is 0.465 e. The van der Waals surface area contributed by atoms with Crippen molar-refractivity contribution in [2.24, 2.45) is 0 Å². The van der Waals surface area contributed by atoms with Gasteiger partial charge in [-0.15, -0.1) is 0 Å². The van der Waals surface area contributed by atoms with Crippen LogP contribution in [0.25, 0.3) is 0 Å². The van der Waals surface area contributed by atoms with Gasteiger partial charge in [-0.25, -0.2) is 4.39 Å². The molecule has 5 nitrogen and oxygen atoms in total. The van der Waals surface area contributed by atoms with Gasteiger partial charge in [-0.05, 0) is 38.0 Å². The molecule has 0 spiro atoms. The van der Waals surface area contributed by atoms with Crippen LogP contribution in [0.2, 0.25) is 0 Å². The average Bonchev–Trinajstić information content (AvgIpc) is 3.08. The van der Waals surface area contributed by atoms with Crippen molar-refractivity contribution in [3.8, 4) is 0 Å². The molecule has 6 heteroatoms. The van der Waals surface area contributed by atoms with Crippen molar-refractivity contribution in [1.82, 2.24) is 14.7 Å². The number of amides is 1. The molecule has 1 amide bonds. The highest BCUT2D eigenvalue weighted by Crippen LogP contribution is 2.30. The van der Waals surface area contributed by atoms with E-state index in [4.69, 9.17) is 4.42 Å². The molecule has 30 heavy (non-hydrogen) atoms. The predicted molar refractivity (Wildman–Crippen MR) is 115 cm³/mol. The van der Waals surface area contributed by atoms with Gasteiger partial charge < -0.3 is 9.32 Å². The first-order valence-corrected chi connectivity index (χ1v) is 11.1. The zero-order valence-electron chi connectivity index (χ0n) is 18.3. The summed E-state index contributed by atoms with van der Waals surface area (Å²) in [4.78, 5) is 20.1. The molecule has 0 N–H and O–H groups in total. The summed E-state index contributed by atoms with van der Waals surface area (Å²) < 4.78 is 19.6. The van der Waals surface area contributed by atoms with Gasteiger partial charge in [0.25, 0.3) is 5.91 Å². The topological polar surface area (TPSA) is 39.9 Å². The summed E-state index contributed by atoms with van der Waals surface area (Å²) in [6, 6.07) is 7.30. The normalized spacial score (nSPS) is 19.0. The lowest BCUT2D eigenvalue weighted by Crippen LogP contribution is -2.51. The molecule has 1 unspecified atom stereocenters. The number of nitrogens with zero attached hydrogens (tertiary/aromatic N) is 3. The maximum atomic E-state index is 13.6. The molecule has 0 bridgehead atoms. The molecule has 2 aliphatic rings. The maximum absolute atomic E-state index is 13.6. The van der Waals surface area contributed by atoms with E-state index in [1.165, 1.54) is 6.07 Å². The quantitative estimate of drug-likeness (QED) is 0.747. The minimum absolute atomic E-state index is 0.0916. The van der Waals surface area contributed by atoms with Crippen LogP contribution in [0.3, 0.4) is 0 Å². The predicted octanol–water partition coefficient (Wildman–Crippen LogP) is 3.84. The fourth-order valence-electron chi connectivity index (χ4n) is 4.67. The lowest BCUT2D eigenvalue weighted by molar-refractivity contribution is 0.0576. The van der Waals surface area contributed by atoms with Gasteiger partial charge in [-0.2, -0.15) is 0 Å². The molecule has 1 saturated heterocycles. The number of fused-ring (bicyclic) bond motifs is 1. The zero-order chi connectivity index (χ0) is 21.3. The Balaban J connectivity index is 1.47. The maximum Gasteiger partial charge on any atom is 0.257 e. The molecule has 1 aromatic heterocycles. The van der Waals surface area contributed by atoms with Crippen molar-refractivity contribution in [2.45, 2.75) is 52.7 Å². The van der Waals surface area contributed by atoms with Gasteiger partial charge in [-0.1, -0.05) is 19.1 Å². The number of benzene rings is 1. The van der Waals surface area contributed by atoms with Crippen LogP contribution in [0.15, 0.2) is 28.7 Å². The van der Waals surface area contributed by atoms with Gasteiger partial charge in [0.2, 0.25) is 0 Å². The molecule has 2 aromatic rings. The van der Waals surface area contributed by atoms with Crippen LogP contribution >= 0.6 is 0 Å². The number of hydrogen-bond donors (Lipinski definition) is 0. The van der Waals surface area contributed by atoms with E-state index in [1.54, 1.807) is 12.1 Å². The average molecular weight is 414 g/mol. The van der Waals surface area contributed by atoms with Crippen molar-refractivity contribution in [3.63, 3.8) is 0 Å². The van der Waals surface area contributed by atoms with Crippen LogP contribution in [-0.4, -0.2) is 59.4 Å². The Hall–Kier alpha value is -2.18. The summed E-state index contributed by atoms with van der Waals surface area (Å²) in [5.41, 5.74) is 2.71. The first-order valence-electron chi connectivity index (χ1n) is 11.1. The number of furan rings is 1. The standard InChI is InChI=1S/C24H32FN3O2/c1-4-17(2)27-10-12-28(13-11-27)24(29)23-18(3)30-22-8-9-26(16-21(22)23)15-19-6-5-7-20(25)14-19/h5-7,14,17H,4,8-13,15-16H2,1-3H3. The van der Waals surface area contributed by atoms with Crippen molar-refractivity contribution in [3.05, 3.63) is 58.3 Å². The Kier molecular flexibility index (Phi) is 6.25. The summed E-state index contributed by atoms with van der Waals surface area (Å²) in [5, 5.41) is 0. The number of carbonyl (C=O) groups excluding carboxylic acids is 1. The van der Waals surface area contributed by atoms with E-state index in [2.05, 4.69) is 23.6 Å². The Morgan fingerprint density at radius 3 is 2.67 bits per heavy atom. The van der Waals surface area contributed by atoms with E-state index < -0.39 is 0 Å². The monoisotopic (exact) mass is 413 g/mol. The van der Waals surface area contributed by atoms with Crippen molar-refractivity contribution in [2.75, 3.05) is 32.7 Å². The zero-order valence-corrected chi connectivity index (χ0v) is 18.3. The summed E-state index contributed by atoms with van der Waals surface area (Å²) in [7, 11) is 0. The fourth-order valence-corrected chi connectivity index (χ4v) is 4.67. The first kappa shape index (κ1) is 21.1. The third-order valence-corrected chi connectivity index (χ3v) is 6.63. The lowest BCUT2D eigenvalue weighted by Gasteiger charge is -2.38. The van der Waals surface area contributed by atoms with E-state index in [1.807, 2.05) is 17.9 Å². The van der Waals surface area contributed by atoms with Crippen molar-refractivity contribution < 1.29 is 13.6 Å². The summed E-state index contributed by atoms with van der Waals surface area (Å²) in [5.74, 6) is 1.54. The van der Waals surface area contributed by atoms with Crippen LogP contribution in [0, 0.1) is 12.7 Å². The number of carbonyl (C=O) groups is 1. The highest BCUT2D eigenvalue weighted by molar-refractivity contribution is 5.97. The lowest BCUT2D eigenvalue weighted by atomic mass is 10.0. The molecule has 3 heterocycles. The third-order valence-electron chi connectivity index (χ3n) is 6.63. The summed E-state index contributed by atoms with van der Waals surface area (Å²) in [6.07, 6.45) is 1.91. The smallest absolute Gasteiger partial charge is 0.257 e. The van der Waals surface area contributed by atoms with Gasteiger partial charge >= 0.3 is 0 Å². The van der Waals surface area contributed by atoms with E-state index >= 15 is 0 Å². The van der Waals surface area contributed by atoms with Crippen LogP contribution in [0.4, 0.5) is 4.39 Å². The molecule has 1 atom stereocenters. The van der Waals surface area contributed by atoms with Crippen LogP contribution < -0.4 is 0 Å². The summed E-state index contributed by atoms with van der Waals surface area (Å²) in [6.45, 7) is 11.9. The minimum Gasteiger partial charge on any atom is -0.465 e. The van der Waals surface area contributed by atoms with Crippen LogP contribution in [0.5, 0.6) is 0 Å². The number of piperazine rings is 1. The number of rotatable bonds is 5. The SMILES string of the molecule is CCC(C)N1CCN(C(=O)c2c(C)oc3c2CN(Cc2cccc(F)c2)CC3)CC1. The molecule has 1 fully saturated rings. The Labute approximate surface area is 178 Å². The highest BCUT2D eigenvalue weighted by Gasteiger charge is 2.32. The van der Waals surface area contributed by atoms with Crippen LogP contribution in [0.1, 0.15) is 53.3 Å². The summed E-state index contributed by atoms with van der Waals surface area (Å²) >= 11 is 0. The first-order chi connectivity index (χ1) is 14.5. The molecule has 4 rings (SSSR count).